The van der Waals surface area contributed by atoms with Crippen LogP contribution in [0.25, 0.3) is 0 Å². The second-order valence-electron chi connectivity index (χ2n) is 6.14. The largest absolute Gasteiger partial charge is 0.530 e. The van der Waals surface area contributed by atoms with Crippen molar-refractivity contribution in [3.05, 3.63) is 94.2 Å². The van der Waals surface area contributed by atoms with E-state index in [4.69, 9.17) is 18.4 Å². The molecule has 0 amide bonds. The molecule has 2 aromatic carbocycles. The highest BCUT2D eigenvalue weighted by Gasteiger charge is 2.30. The molecule has 0 bridgehead atoms. The second kappa shape index (κ2) is 11.9. The predicted octanol–water partition coefficient (Wildman–Crippen LogP) is 5.76. The summed E-state index contributed by atoms with van der Waals surface area (Å²) in [5, 5.41) is 0. The summed E-state index contributed by atoms with van der Waals surface area (Å²) in [6.45, 7) is 3.63. The van der Waals surface area contributed by atoms with Gasteiger partial charge < -0.3 is 4.52 Å². The number of hydrogen-bond acceptors (Lipinski definition) is 7. The van der Waals surface area contributed by atoms with Gasteiger partial charge in [0.1, 0.15) is 5.76 Å². The zero-order valence-electron chi connectivity index (χ0n) is 16.7. The van der Waals surface area contributed by atoms with Gasteiger partial charge in [-0.25, -0.2) is 4.57 Å². The highest BCUT2D eigenvalue weighted by molar-refractivity contribution is 7.84. The van der Waals surface area contributed by atoms with Crippen molar-refractivity contribution in [1.82, 2.24) is 5.48 Å². The van der Waals surface area contributed by atoms with Crippen LogP contribution in [0, 0.1) is 0 Å². The Morgan fingerprint density at radius 1 is 0.966 bits per heavy atom. The number of phosphoric acid groups is 1. The van der Waals surface area contributed by atoms with Gasteiger partial charge in [-0.15, -0.1) is 12.6 Å². The average Bonchev–Trinajstić information content (AvgIpc) is 2.72. The molecule has 0 radical (unpaired) electrons. The summed E-state index contributed by atoms with van der Waals surface area (Å²) < 4.78 is 30.3. The van der Waals surface area contributed by atoms with Gasteiger partial charge in [0.2, 0.25) is 0 Å². The van der Waals surface area contributed by atoms with Crippen molar-refractivity contribution in [2.75, 3.05) is 7.11 Å². The zero-order valence-corrected chi connectivity index (χ0v) is 18.5. The number of benzene rings is 2. The van der Waals surface area contributed by atoms with E-state index in [9.17, 15) is 4.57 Å². The van der Waals surface area contributed by atoms with Gasteiger partial charge >= 0.3 is 7.82 Å². The lowest BCUT2D eigenvalue weighted by Crippen LogP contribution is -2.09. The van der Waals surface area contributed by atoms with Crippen LogP contribution in [-0.4, -0.2) is 7.11 Å². The summed E-state index contributed by atoms with van der Waals surface area (Å²) in [6.07, 6.45) is 1.61. The van der Waals surface area contributed by atoms with Crippen molar-refractivity contribution < 1.29 is 23.0 Å². The van der Waals surface area contributed by atoms with Gasteiger partial charge in [-0.2, -0.15) is 0 Å². The third-order valence-electron chi connectivity index (χ3n) is 3.64. The molecule has 1 N–H and O–H groups in total. The third kappa shape index (κ3) is 8.48. The highest BCUT2D eigenvalue weighted by atomic mass is 32.1. The molecule has 0 unspecified atom stereocenters. The molecule has 0 heterocycles. The lowest BCUT2D eigenvalue weighted by molar-refractivity contribution is 0.115. The summed E-state index contributed by atoms with van der Waals surface area (Å²) in [6, 6.07) is 18.8. The van der Waals surface area contributed by atoms with Crippen LogP contribution >= 0.6 is 20.5 Å². The van der Waals surface area contributed by atoms with Crippen molar-refractivity contribution in [2.24, 2.45) is 0 Å². The maximum absolute atomic E-state index is 13.4. The molecule has 6 nitrogen and oxygen atoms in total. The fourth-order valence-electron chi connectivity index (χ4n) is 2.25. The molecule has 29 heavy (non-hydrogen) atoms. The monoisotopic (exact) mass is 435 g/mol. The average molecular weight is 435 g/mol. The minimum Gasteiger partial charge on any atom is -0.403 e. The Kier molecular flexibility index (Phi) is 9.51. The second-order valence-corrected chi connectivity index (χ2v) is 8.40. The van der Waals surface area contributed by atoms with E-state index in [1.807, 2.05) is 60.7 Å². The van der Waals surface area contributed by atoms with Crippen LogP contribution in [0.15, 0.2) is 83.1 Å². The summed E-state index contributed by atoms with van der Waals surface area (Å²) in [5.41, 5.74) is 5.00. The van der Waals surface area contributed by atoms with Crippen LogP contribution in [0.4, 0.5) is 0 Å². The van der Waals surface area contributed by atoms with E-state index in [-0.39, 0.29) is 19.0 Å². The number of thiol groups is 1. The fourth-order valence-corrected chi connectivity index (χ4v) is 3.66. The predicted molar refractivity (Wildman–Crippen MR) is 117 cm³/mol. The minimum absolute atomic E-state index is 0.0742. The molecule has 0 aromatic heterocycles. The zero-order chi connectivity index (χ0) is 21.1. The number of hydrogen-bond donors (Lipinski definition) is 2. The van der Waals surface area contributed by atoms with E-state index < -0.39 is 7.82 Å². The van der Waals surface area contributed by atoms with Crippen LogP contribution < -0.4 is 5.48 Å². The first-order chi connectivity index (χ1) is 13.9. The summed E-state index contributed by atoms with van der Waals surface area (Å²) in [7, 11) is -2.46. The van der Waals surface area contributed by atoms with E-state index in [1.165, 1.54) is 7.11 Å². The molecule has 0 aliphatic rings. The van der Waals surface area contributed by atoms with Gasteiger partial charge in [-0.05, 0) is 25.0 Å². The molecule has 0 aliphatic carbocycles. The van der Waals surface area contributed by atoms with E-state index in [0.717, 1.165) is 11.1 Å². The Hall–Kier alpha value is -2.02. The number of nitrogens with one attached hydrogen (secondary N) is 1. The van der Waals surface area contributed by atoms with Crippen molar-refractivity contribution in [2.45, 2.75) is 27.1 Å². The molecular weight excluding hydrogens is 409 g/mol. The van der Waals surface area contributed by atoms with Crippen molar-refractivity contribution in [3.63, 3.8) is 0 Å². The highest BCUT2D eigenvalue weighted by Crippen LogP contribution is 2.53. The molecular formula is C21H26NO5PS. The SMILES string of the molecule is CON/C(C)=C/C(OP(=O)(OCc1ccccc1)OCc1ccccc1)=C(\C)S. The first-order valence-corrected chi connectivity index (χ1v) is 10.9. The molecule has 0 fully saturated rings. The minimum atomic E-state index is -3.96. The molecule has 0 atom stereocenters. The lowest BCUT2D eigenvalue weighted by atomic mass is 10.2. The van der Waals surface area contributed by atoms with Crippen LogP contribution in [0.5, 0.6) is 0 Å². The molecule has 8 heteroatoms. The van der Waals surface area contributed by atoms with Gasteiger partial charge in [0.05, 0.1) is 20.3 Å². The Balaban J connectivity index is 2.20. The standard InChI is InChI=1S/C21H26NO5PS/c1-17(22-24-3)14-21(18(2)29)27-28(23,25-15-19-10-6-4-7-11-19)26-16-20-12-8-5-9-13-20/h4-14,22,29H,15-16H2,1-3H3/b17-14+,21-18-. The molecule has 156 valence electrons. The smallest absolute Gasteiger partial charge is 0.403 e. The van der Waals surface area contributed by atoms with Crippen LogP contribution in [-0.2, 0) is 36.2 Å². The third-order valence-corrected chi connectivity index (χ3v) is 5.17. The van der Waals surface area contributed by atoms with Gasteiger partial charge in [0.25, 0.3) is 0 Å². The first kappa shape index (κ1) is 23.3. The summed E-state index contributed by atoms with van der Waals surface area (Å²) >= 11 is 4.33. The van der Waals surface area contributed by atoms with E-state index >= 15 is 0 Å². The molecule has 2 aromatic rings. The Morgan fingerprint density at radius 3 is 1.86 bits per heavy atom. The lowest BCUT2D eigenvalue weighted by Gasteiger charge is -2.20. The van der Waals surface area contributed by atoms with E-state index in [0.29, 0.717) is 10.6 Å². The molecule has 0 saturated heterocycles. The summed E-state index contributed by atoms with van der Waals surface area (Å²) in [5.74, 6) is 0.250. The number of hydroxylamine groups is 1. The maximum atomic E-state index is 13.4. The van der Waals surface area contributed by atoms with Gasteiger partial charge in [0.15, 0.2) is 0 Å². The quantitative estimate of drug-likeness (QED) is 0.154. The number of allylic oxidation sites excluding steroid dienone is 3. The van der Waals surface area contributed by atoms with E-state index in [1.54, 1.807) is 19.9 Å². The van der Waals surface area contributed by atoms with Crippen molar-refractivity contribution in [1.29, 1.82) is 0 Å². The summed E-state index contributed by atoms with van der Waals surface area (Å²) in [4.78, 5) is 5.38. The van der Waals surface area contributed by atoms with Crippen molar-refractivity contribution in [3.8, 4) is 0 Å². The van der Waals surface area contributed by atoms with Crippen LogP contribution in [0.2, 0.25) is 0 Å². The maximum Gasteiger partial charge on any atom is 0.530 e. The van der Waals surface area contributed by atoms with E-state index in [2.05, 4.69) is 18.1 Å². The van der Waals surface area contributed by atoms with Gasteiger partial charge in [0, 0.05) is 16.7 Å². The topological polar surface area (TPSA) is 66.0 Å². The molecule has 0 aliphatic heterocycles. The van der Waals surface area contributed by atoms with Gasteiger partial charge in [-0.3, -0.25) is 19.4 Å². The Labute approximate surface area is 177 Å². The Bertz CT molecular complexity index is 820. The van der Waals surface area contributed by atoms with Gasteiger partial charge in [-0.1, -0.05) is 60.7 Å². The normalized spacial score (nSPS) is 13.0. The van der Waals surface area contributed by atoms with Crippen LogP contribution in [0.1, 0.15) is 25.0 Å². The Morgan fingerprint density at radius 2 is 1.45 bits per heavy atom. The van der Waals surface area contributed by atoms with Crippen molar-refractivity contribution >= 4 is 20.5 Å². The molecule has 0 spiro atoms. The first-order valence-electron chi connectivity index (χ1n) is 8.95. The number of rotatable bonds is 11. The number of phosphoric ester groups is 1. The fraction of sp³-hybridized carbons (Fsp3) is 0.238. The molecule has 2 rings (SSSR count). The molecule has 0 saturated carbocycles. The van der Waals surface area contributed by atoms with Crippen LogP contribution in [0.3, 0.4) is 0 Å².